The number of fused-ring (bicyclic) bond motifs is 1. The van der Waals surface area contributed by atoms with Gasteiger partial charge in [0.25, 0.3) is 5.91 Å². The molecule has 0 saturated carbocycles. The van der Waals surface area contributed by atoms with E-state index < -0.39 is 0 Å². The number of amides is 1. The number of hydrogen-bond donors (Lipinski definition) is 2. The molecule has 44 heavy (non-hydrogen) atoms. The lowest BCUT2D eigenvalue weighted by atomic mass is 10.1. The number of anilines is 1. The topological polar surface area (TPSA) is 130 Å². The molecule has 0 aliphatic carbocycles. The third-order valence-corrected chi connectivity index (χ3v) is 8.08. The van der Waals surface area contributed by atoms with Gasteiger partial charge in [-0.05, 0) is 61.0 Å². The van der Waals surface area contributed by atoms with E-state index in [0.29, 0.717) is 77.8 Å². The molecule has 0 spiro atoms. The molecule has 3 N–H and O–H groups in total. The Hall–Kier alpha value is -5.06. The number of piperazine rings is 1. The lowest BCUT2D eigenvalue weighted by molar-refractivity contribution is 0.0480. The number of aromatic hydroxyl groups is 1. The fourth-order valence-electron chi connectivity index (χ4n) is 5.61. The Balaban J connectivity index is 1.37. The first-order chi connectivity index (χ1) is 21.4. The zero-order valence-corrected chi connectivity index (χ0v) is 24.6. The molecule has 6 rings (SSSR count). The molecule has 11 heteroatoms. The van der Waals surface area contributed by atoms with Gasteiger partial charge in [0.1, 0.15) is 22.9 Å². The molecule has 1 saturated heterocycles. The second-order valence-electron chi connectivity index (χ2n) is 10.5. The van der Waals surface area contributed by atoms with Gasteiger partial charge in [-0.2, -0.15) is 0 Å². The number of benzene rings is 2. The number of hydrogen-bond acceptors (Lipinski definition) is 8. The maximum Gasteiger partial charge on any atom is 0.254 e. The molecule has 1 aliphatic rings. The van der Waals surface area contributed by atoms with Crippen molar-refractivity contribution in [2.75, 3.05) is 31.9 Å². The predicted octanol–water partition coefficient (Wildman–Crippen LogP) is 5.45. The quantitative estimate of drug-likeness (QED) is 0.176. The molecule has 4 heterocycles. The highest BCUT2D eigenvalue weighted by atomic mass is 35.5. The molecular formula is C33H30ClN7O3. The van der Waals surface area contributed by atoms with Gasteiger partial charge in [-0.25, -0.2) is 15.0 Å². The van der Waals surface area contributed by atoms with Crippen molar-refractivity contribution in [2.45, 2.75) is 12.6 Å². The van der Waals surface area contributed by atoms with Crippen molar-refractivity contribution >= 4 is 40.8 Å². The van der Waals surface area contributed by atoms with E-state index in [1.165, 1.54) is 12.1 Å². The average molecular weight is 608 g/mol. The van der Waals surface area contributed by atoms with Crippen LogP contribution in [0.5, 0.6) is 5.75 Å². The van der Waals surface area contributed by atoms with Crippen molar-refractivity contribution in [2.24, 2.45) is 0 Å². The minimum Gasteiger partial charge on any atom is -0.507 e. The number of halogens is 1. The van der Waals surface area contributed by atoms with Crippen molar-refractivity contribution in [3.8, 4) is 28.4 Å². The Morgan fingerprint density at radius 1 is 1.05 bits per heavy atom. The van der Waals surface area contributed by atoms with E-state index in [1.807, 2.05) is 54.6 Å². The first kappa shape index (κ1) is 29.0. The first-order valence-corrected chi connectivity index (χ1v) is 14.5. The van der Waals surface area contributed by atoms with Crippen molar-refractivity contribution in [3.63, 3.8) is 0 Å². The summed E-state index contributed by atoms with van der Waals surface area (Å²) in [5.74, 6) is 0.574. The number of carbonyl (C=O) groups excluding carboxylic acids is 2. The third-order valence-electron chi connectivity index (χ3n) is 7.84. The van der Waals surface area contributed by atoms with Crippen LogP contribution in [0.3, 0.4) is 0 Å². The van der Waals surface area contributed by atoms with E-state index in [-0.39, 0.29) is 23.4 Å². The maximum atomic E-state index is 13.3. The molecule has 0 radical (unpaired) electrons. The minimum atomic E-state index is -0.234. The Bertz CT molecular complexity index is 1880. The van der Waals surface area contributed by atoms with Gasteiger partial charge in [-0.3, -0.25) is 19.1 Å². The van der Waals surface area contributed by atoms with Gasteiger partial charge in [0.05, 0.1) is 23.0 Å². The number of phenolic OH excluding ortho intramolecular Hbond substituents is 1. The number of imidazole rings is 1. The van der Waals surface area contributed by atoms with Crippen LogP contribution < -0.4 is 5.73 Å². The van der Waals surface area contributed by atoms with Gasteiger partial charge in [0.15, 0.2) is 11.9 Å². The summed E-state index contributed by atoms with van der Waals surface area (Å²) in [5, 5.41) is 10.7. The van der Waals surface area contributed by atoms with Crippen molar-refractivity contribution in [1.82, 2.24) is 29.3 Å². The van der Waals surface area contributed by atoms with Gasteiger partial charge in [-0.15, -0.1) is 6.58 Å². The molecule has 1 fully saturated rings. The van der Waals surface area contributed by atoms with Crippen LogP contribution in [0.15, 0.2) is 85.6 Å². The van der Waals surface area contributed by atoms with Gasteiger partial charge in [-0.1, -0.05) is 29.8 Å². The van der Waals surface area contributed by atoms with E-state index in [2.05, 4.69) is 21.0 Å². The Labute approximate surface area is 259 Å². The largest absolute Gasteiger partial charge is 0.507 e. The number of phenols is 1. The SMILES string of the molecule is C=CCC(N1CCN(C(=O)c2ccc(C=O)c(O)c2)CC1)n1c(-c2cccnc2N)nc2ccc(-c3cccc(Cl)c3)nc21. The fraction of sp³-hybridized carbons (Fsp3) is 0.182. The highest BCUT2D eigenvalue weighted by Crippen LogP contribution is 2.35. The summed E-state index contributed by atoms with van der Waals surface area (Å²) in [6, 6.07) is 19.5. The number of nitrogens with zero attached hydrogens (tertiary/aromatic N) is 6. The molecule has 2 aromatic carbocycles. The van der Waals surface area contributed by atoms with Gasteiger partial charge in [0, 0.05) is 48.5 Å². The monoisotopic (exact) mass is 607 g/mol. The van der Waals surface area contributed by atoms with E-state index >= 15 is 0 Å². The number of aldehydes is 1. The van der Waals surface area contributed by atoms with Crippen LogP contribution in [0.2, 0.25) is 5.02 Å². The normalized spacial score (nSPS) is 14.4. The van der Waals surface area contributed by atoms with Crippen LogP contribution >= 0.6 is 11.6 Å². The zero-order valence-electron chi connectivity index (χ0n) is 23.8. The van der Waals surface area contributed by atoms with Crippen LogP contribution in [0.25, 0.3) is 33.8 Å². The summed E-state index contributed by atoms with van der Waals surface area (Å²) in [6.45, 7) is 6.09. The lowest BCUT2D eigenvalue weighted by Crippen LogP contribution is -2.50. The number of rotatable bonds is 8. The van der Waals surface area contributed by atoms with Gasteiger partial charge >= 0.3 is 0 Å². The van der Waals surface area contributed by atoms with Crippen molar-refractivity contribution in [1.29, 1.82) is 0 Å². The van der Waals surface area contributed by atoms with Crippen LogP contribution in [0.1, 0.15) is 33.3 Å². The highest BCUT2D eigenvalue weighted by molar-refractivity contribution is 6.30. The smallest absolute Gasteiger partial charge is 0.254 e. The fourth-order valence-corrected chi connectivity index (χ4v) is 5.80. The summed E-state index contributed by atoms with van der Waals surface area (Å²) in [4.78, 5) is 42.7. The molecule has 1 aliphatic heterocycles. The molecule has 222 valence electrons. The van der Waals surface area contributed by atoms with Gasteiger partial charge < -0.3 is 15.7 Å². The molecule has 1 atom stereocenters. The molecule has 1 unspecified atom stereocenters. The Morgan fingerprint density at radius 2 is 1.86 bits per heavy atom. The Kier molecular flexibility index (Phi) is 8.10. The van der Waals surface area contributed by atoms with Crippen LogP contribution in [0, 0.1) is 0 Å². The molecule has 10 nitrogen and oxygen atoms in total. The Morgan fingerprint density at radius 3 is 2.57 bits per heavy atom. The van der Waals surface area contributed by atoms with E-state index in [0.717, 1.165) is 11.3 Å². The summed E-state index contributed by atoms with van der Waals surface area (Å²) >= 11 is 6.30. The molecule has 3 aromatic heterocycles. The summed E-state index contributed by atoms with van der Waals surface area (Å²) in [7, 11) is 0. The van der Waals surface area contributed by atoms with Crippen LogP contribution in [-0.2, 0) is 0 Å². The van der Waals surface area contributed by atoms with Crippen LogP contribution in [-0.4, -0.2) is 72.8 Å². The summed E-state index contributed by atoms with van der Waals surface area (Å²) in [6.07, 6.45) is 4.41. The average Bonchev–Trinajstić information content (AvgIpc) is 3.41. The molecule has 1 amide bonds. The second-order valence-corrected chi connectivity index (χ2v) is 11.0. The van der Waals surface area contributed by atoms with Crippen LogP contribution in [0.4, 0.5) is 5.82 Å². The summed E-state index contributed by atoms with van der Waals surface area (Å²) in [5.41, 5.74) is 10.5. The van der Waals surface area contributed by atoms with Crippen molar-refractivity contribution < 1.29 is 14.7 Å². The lowest BCUT2D eigenvalue weighted by Gasteiger charge is -2.40. The number of pyridine rings is 2. The first-order valence-electron chi connectivity index (χ1n) is 14.2. The minimum absolute atomic E-state index is 0.142. The number of nitrogens with two attached hydrogens (primary N) is 1. The third kappa shape index (κ3) is 5.52. The number of aromatic nitrogens is 4. The van der Waals surface area contributed by atoms with E-state index in [1.54, 1.807) is 17.2 Å². The highest BCUT2D eigenvalue weighted by Gasteiger charge is 2.31. The number of carbonyl (C=O) groups is 2. The summed E-state index contributed by atoms with van der Waals surface area (Å²) < 4.78 is 2.09. The molecule has 0 bridgehead atoms. The predicted molar refractivity (Wildman–Crippen MR) is 170 cm³/mol. The maximum absolute atomic E-state index is 13.3. The standard InChI is InChI=1S/C33H30ClN7O3/c1-2-5-29(39-14-16-40(17-15-39)33(44)22-9-10-23(20-42)28(43)19-22)41-31(25-8-4-13-36-30(25)35)38-27-12-11-26(37-32(27)41)21-6-3-7-24(34)18-21/h2-4,6-13,18-20,29,43H,1,5,14-17H2,(H2,35,36). The molecule has 5 aromatic rings. The number of nitrogen functional groups attached to an aromatic ring is 1. The second kappa shape index (κ2) is 12.3. The van der Waals surface area contributed by atoms with Crippen molar-refractivity contribution in [3.05, 3.63) is 102 Å². The van der Waals surface area contributed by atoms with E-state index in [9.17, 15) is 14.7 Å². The molecular weight excluding hydrogens is 578 g/mol. The zero-order chi connectivity index (χ0) is 30.8. The van der Waals surface area contributed by atoms with E-state index in [4.69, 9.17) is 27.3 Å². The van der Waals surface area contributed by atoms with Gasteiger partial charge in [0.2, 0.25) is 0 Å².